The second kappa shape index (κ2) is 9.67. The molecular weight excluding hydrogens is 312 g/mol. The van der Waals surface area contributed by atoms with Crippen molar-refractivity contribution in [2.75, 3.05) is 26.4 Å². The Balaban J connectivity index is 2.50. The Hall–Kier alpha value is -1.40. The molecule has 0 aliphatic rings. The molecule has 0 heterocycles. The van der Waals surface area contributed by atoms with Crippen LogP contribution in [0.1, 0.15) is 38.2 Å². The van der Waals surface area contributed by atoms with Gasteiger partial charge in [0, 0.05) is 33.1 Å². The molecular formula is C17H28N2O3S. The van der Waals surface area contributed by atoms with E-state index in [0.717, 1.165) is 24.8 Å². The number of hydrogen-bond donors (Lipinski definition) is 0. The van der Waals surface area contributed by atoms with Gasteiger partial charge >= 0.3 is 0 Å². The molecule has 1 aromatic carbocycles. The maximum atomic E-state index is 12.2. The second-order valence-electron chi connectivity index (χ2n) is 5.85. The first-order valence-corrected chi connectivity index (χ1v) is 9.92. The summed E-state index contributed by atoms with van der Waals surface area (Å²) in [6, 6.07) is 9.75. The van der Waals surface area contributed by atoms with Gasteiger partial charge in [0.15, 0.2) is 0 Å². The highest BCUT2D eigenvalue weighted by atomic mass is 32.2. The van der Waals surface area contributed by atoms with Gasteiger partial charge in [-0.1, -0.05) is 50.1 Å². The Morgan fingerprint density at radius 3 is 2.30 bits per heavy atom. The number of rotatable bonds is 10. The van der Waals surface area contributed by atoms with Gasteiger partial charge in [0.25, 0.3) is 0 Å². The number of hydrogen-bond acceptors (Lipinski definition) is 3. The van der Waals surface area contributed by atoms with E-state index in [0.29, 0.717) is 13.1 Å². The predicted octanol–water partition coefficient (Wildman–Crippen LogP) is 2.49. The van der Waals surface area contributed by atoms with E-state index in [1.165, 1.54) is 10.6 Å². The number of carbonyl (C=O) groups is 1. The summed E-state index contributed by atoms with van der Waals surface area (Å²) in [6.45, 7) is 3.35. The fraction of sp³-hybridized carbons (Fsp3) is 0.588. The van der Waals surface area contributed by atoms with Crippen LogP contribution >= 0.6 is 0 Å². The Labute approximate surface area is 140 Å². The lowest BCUT2D eigenvalue weighted by Crippen LogP contribution is -2.35. The zero-order valence-electron chi connectivity index (χ0n) is 14.4. The summed E-state index contributed by atoms with van der Waals surface area (Å²) in [6.07, 6.45) is 4.28. The van der Waals surface area contributed by atoms with E-state index >= 15 is 0 Å². The lowest BCUT2D eigenvalue weighted by atomic mass is 10.2. The predicted molar refractivity (Wildman–Crippen MR) is 93.5 cm³/mol. The van der Waals surface area contributed by atoms with Crippen molar-refractivity contribution in [2.24, 2.45) is 0 Å². The molecule has 0 aliphatic carbocycles. The minimum absolute atomic E-state index is 0.0435. The lowest BCUT2D eigenvalue weighted by molar-refractivity contribution is -0.130. The highest BCUT2D eigenvalue weighted by Gasteiger charge is 2.18. The average Bonchev–Trinajstić information content (AvgIpc) is 2.50. The number of amides is 1. The summed E-state index contributed by atoms with van der Waals surface area (Å²) >= 11 is 0. The zero-order valence-corrected chi connectivity index (χ0v) is 15.2. The van der Waals surface area contributed by atoms with E-state index in [2.05, 4.69) is 6.92 Å². The first-order valence-electron chi connectivity index (χ1n) is 8.07. The maximum Gasteiger partial charge on any atom is 0.223 e. The average molecular weight is 340 g/mol. The minimum atomic E-state index is -3.26. The van der Waals surface area contributed by atoms with Crippen LogP contribution in [-0.2, 0) is 21.4 Å². The van der Waals surface area contributed by atoms with Crippen molar-refractivity contribution in [1.82, 2.24) is 9.21 Å². The van der Waals surface area contributed by atoms with Crippen molar-refractivity contribution in [1.29, 1.82) is 0 Å². The van der Waals surface area contributed by atoms with E-state index < -0.39 is 10.0 Å². The highest BCUT2D eigenvalue weighted by Crippen LogP contribution is 2.08. The largest absolute Gasteiger partial charge is 0.341 e. The summed E-state index contributed by atoms with van der Waals surface area (Å²) in [5.41, 5.74) is 1.06. The van der Waals surface area contributed by atoms with Gasteiger partial charge in [-0.3, -0.25) is 4.79 Å². The Morgan fingerprint density at radius 1 is 1.09 bits per heavy atom. The molecule has 23 heavy (non-hydrogen) atoms. The van der Waals surface area contributed by atoms with Gasteiger partial charge in [0.05, 0.1) is 6.26 Å². The van der Waals surface area contributed by atoms with Crippen molar-refractivity contribution < 1.29 is 13.2 Å². The smallest absolute Gasteiger partial charge is 0.223 e. The third kappa shape index (κ3) is 7.61. The zero-order chi connectivity index (χ0) is 17.3. The van der Waals surface area contributed by atoms with Gasteiger partial charge in [-0.05, 0) is 12.0 Å². The van der Waals surface area contributed by atoms with E-state index in [1.807, 2.05) is 30.3 Å². The SMILES string of the molecule is CCCCCN(CCC(=O)N(C)Cc1ccccc1)S(C)(=O)=O. The Morgan fingerprint density at radius 2 is 1.74 bits per heavy atom. The normalized spacial score (nSPS) is 11.7. The topological polar surface area (TPSA) is 57.7 Å². The standard InChI is InChI=1S/C17H28N2O3S/c1-4-5-9-13-19(23(3,21)22)14-12-17(20)18(2)15-16-10-7-6-8-11-16/h6-8,10-11H,4-5,9,12-15H2,1-3H3. The number of unbranched alkanes of at least 4 members (excludes halogenated alkanes) is 2. The molecule has 0 bridgehead atoms. The summed E-state index contributed by atoms with van der Waals surface area (Å²) < 4.78 is 25.0. The quantitative estimate of drug-likeness (QED) is 0.615. The number of nitrogens with zero attached hydrogens (tertiary/aromatic N) is 2. The number of sulfonamides is 1. The Bertz CT molecular complexity index is 573. The molecule has 0 aliphatic heterocycles. The molecule has 0 atom stereocenters. The van der Waals surface area contributed by atoms with Crippen LogP contribution in [0.2, 0.25) is 0 Å². The monoisotopic (exact) mass is 340 g/mol. The molecule has 0 saturated heterocycles. The van der Waals surface area contributed by atoms with Crippen LogP contribution in [0.4, 0.5) is 0 Å². The molecule has 1 aromatic rings. The van der Waals surface area contributed by atoms with Crippen molar-refractivity contribution in [2.45, 2.75) is 39.2 Å². The first-order chi connectivity index (χ1) is 10.8. The summed E-state index contributed by atoms with van der Waals surface area (Å²) in [5, 5.41) is 0. The van der Waals surface area contributed by atoms with Crippen LogP contribution in [0.25, 0.3) is 0 Å². The van der Waals surface area contributed by atoms with Crippen molar-refractivity contribution in [3.8, 4) is 0 Å². The van der Waals surface area contributed by atoms with Gasteiger partial charge in [-0.25, -0.2) is 12.7 Å². The third-order valence-electron chi connectivity index (χ3n) is 3.74. The number of carbonyl (C=O) groups excluding carboxylic acids is 1. The van der Waals surface area contributed by atoms with Crippen molar-refractivity contribution in [3.05, 3.63) is 35.9 Å². The lowest BCUT2D eigenvalue weighted by Gasteiger charge is -2.22. The van der Waals surface area contributed by atoms with Crippen molar-refractivity contribution in [3.63, 3.8) is 0 Å². The van der Waals surface area contributed by atoms with Gasteiger partial charge in [-0.2, -0.15) is 0 Å². The third-order valence-corrected chi connectivity index (χ3v) is 5.05. The van der Waals surface area contributed by atoms with Crippen LogP contribution in [0.15, 0.2) is 30.3 Å². The summed E-state index contributed by atoms with van der Waals surface area (Å²) in [4.78, 5) is 13.9. The first kappa shape index (κ1) is 19.6. The maximum absolute atomic E-state index is 12.2. The molecule has 0 aromatic heterocycles. The van der Waals surface area contributed by atoms with Crippen LogP contribution in [0, 0.1) is 0 Å². The van der Waals surface area contributed by atoms with Gasteiger partial charge in [0.1, 0.15) is 0 Å². The van der Waals surface area contributed by atoms with Gasteiger partial charge < -0.3 is 4.90 Å². The van der Waals surface area contributed by atoms with E-state index in [-0.39, 0.29) is 18.9 Å². The summed E-state index contributed by atoms with van der Waals surface area (Å²) in [7, 11) is -1.52. The van der Waals surface area contributed by atoms with E-state index in [4.69, 9.17) is 0 Å². The molecule has 0 saturated carbocycles. The minimum Gasteiger partial charge on any atom is -0.341 e. The van der Waals surface area contributed by atoms with Gasteiger partial charge in [0.2, 0.25) is 15.9 Å². The molecule has 6 heteroatoms. The van der Waals surface area contributed by atoms with Crippen LogP contribution in [-0.4, -0.2) is 49.9 Å². The second-order valence-corrected chi connectivity index (χ2v) is 7.84. The molecule has 1 amide bonds. The molecule has 0 unspecified atom stereocenters. The van der Waals surface area contributed by atoms with Crippen LogP contribution in [0.3, 0.4) is 0 Å². The van der Waals surface area contributed by atoms with Gasteiger partial charge in [-0.15, -0.1) is 0 Å². The molecule has 0 N–H and O–H groups in total. The molecule has 1 rings (SSSR count). The van der Waals surface area contributed by atoms with Crippen LogP contribution < -0.4 is 0 Å². The fourth-order valence-corrected chi connectivity index (χ4v) is 3.22. The Kier molecular flexibility index (Phi) is 8.26. The molecule has 0 radical (unpaired) electrons. The highest BCUT2D eigenvalue weighted by molar-refractivity contribution is 7.88. The number of benzene rings is 1. The van der Waals surface area contributed by atoms with Crippen LogP contribution in [0.5, 0.6) is 0 Å². The fourth-order valence-electron chi connectivity index (χ4n) is 2.34. The van der Waals surface area contributed by atoms with Crippen molar-refractivity contribution >= 4 is 15.9 Å². The molecule has 0 fully saturated rings. The molecule has 130 valence electrons. The van der Waals surface area contributed by atoms with E-state index in [9.17, 15) is 13.2 Å². The summed E-state index contributed by atoms with van der Waals surface area (Å²) in [5.74, 6) is -0.0435. The van der Waals surface area contributed by atoms with E-state index in [1.54, 1.807) is 11.9 Å². The molecule has 5 nitrogen and oxygen atoms in total. The molecule has 0 spiro atoms.